The van der Waals surface area contributed by atoms with Crippen molar-refractivity contribution in [2.75, 3.05) is 12.4 Å². The van der Waals surface area contributed by atoms with Crippen molar-refractivity contribution < 1.29 is 27.6 Å². The summed E-state index contributed by atoms with van der Waals surface area (Å²) in [6.07, 6.45) is -2.20. The number of methoxy groups -OCH3 is 1. The van der Waals surface area contributed by atoms with Gasteiger partial charge in [-0.25, -0.2) is 0 Å². The molecule has 0 aromatic heterocycles. The fraction of sp³-hybridized carbons (Fsp3) is 0.118. The maximum Gasteiger partial charge on any atom is 0.416 e. The van der Waals surface area contributed by atoms with Crippen molar-refractivity contribution in [3.05, 3.63) is 69.8 Å². The fourth-order valence-corrected chi connectivity index (χ4v) is 2.07. The predicted molar refractivity (Wildman–Crippen MR) is 88.8 cm³/mol. The monoisotopic (exact) mass is 366 g/mol. The van der Waals surface area contributed by atoms with Crippen LogP contribution < -0.4 is 10.1 Å². The Bertz CT molecular complexity index is 863. The average Bonchev–Trinajstić information content (AvgIpc) is 2.59. The van der Waals surface area contributed by atoms with Gasteiger partial charge in [0.1, 0.15) is 5.75 Å². The number of nitrogens with zero attached hydrogens (tertiary/aromatic N) is 1. The lowest BCUT2D eigenvalue weighted by Gasteiger charge is -2.12. The lowest BCUT2D eigenvalue weighted by Crippen LogP contribution is -2.11. The predicted octanol–water partition coefficient (Wildman–Crippen LogP) is 4.27. The highest BCUT2D eigenvalue weighted by molar-refractivity contribution is 6.02. The van der Waals surface area contributed by atoms with Crippen LogP contribution in [0.1, 0.15) is 11.1 Å². The van der Waals surface area contributed by atoms with Gasteiger partial charge in [-0.15, -0.1) is 0 Å². The summed E-state index contributed by atoms with van der Waals surface area (Å²) in [6.45, 7) is 0. The van der Waals surface area contributed by atoms with Crippen LogP contribution in [0, 0.1) is 10.1 Å². The van der Waals surface area contributed by atoms with Gasteiger partial charge in [-0.3, -0.25) is 14.9 Å². The maximum absolute atomic E-state index is 12.8. The fourth-order valence-electron chi connectivity index (χ4n) is 2.07. The first-order chi connectivity index (χ1) is 12.2. The molecular weight excluding hydrogens is 353 g/mol. The number of hydrogen-bond acceptors (Lipinski definition) is 4. The van der Waals surface area contributed by atoms with E-state index in [1.807, 2.05) is 0 Å². The van der Waals surface area contributed by atoms with Gasteiger partial charge in [0.25, 0.3) is 5.69 Å². The Labute approximate surface area is 146 Å². The molecule has 0 aliphatic carbocycles. The second-order valence-corrected chi connectivity index (χ2v) is 5.09. The second-order valence-electron chi connectivity index (χ2n) is 5.09. The van der Waals surface area contributed by atoms with E-state index in [9.17, 15) is 28.1 Å². The summed E-state index contributed by atoms with van der Waals surface area (Å²) in [4.78, 5) is 22.1. The zero-order valence-corrected chi connectivity index (χ0v) is 13.4. The number of carbonyl (C=O) groups is 1. The minimum absolute atomic E-state index is 0.0649. The average molecular weight is 366 g/mol. The van der Waals surface area contributed by atoms with E-state index in [1.165, 1.54) is 31.4 Å². The molecule has 136 valence electrons. The van der Waals surface area contributed by atoms with E-state index < -0.39 is 22.6 Å². The Hall–Kier alpha value is -3.36. The zero-order chi connectivity index (χ0) is 19.3. The largest absolute Gasteiger partial charge is 0.495 e. The van der Waals surface area contributed by atoms with Crippen LogP contribution in [-0.2, 0) is 11.0 Å². The standard InChI is InChI=1S/C17H13F3N2O4/c1-26-15-7-6-12(17(18,19)20)10-14(15)21-16(23)8-5-11-3-2-4-13(9-11)22(24)25/h2-10H,1H3,(H,21,23)/b8-5+. The molecule has 0 bridgehead atoms. The minimum atomic E-state index is -4.56. The van der Waals surface area contributed by atoms with Crippen LogP contribution in [0.4, 0.5) is 24.5 Å². The highest BCUT2D eigenvalue weighted by Gasteiger charge is 2.31. The molecule has 0 aliphatic rings. The van der Waals surface area contributed by atoms with E-state index in [2.05, 4.69) is 5.32 Å². The number of amides is 1. The van der Waals surface area contributed by atoms with Crippen molar-refractivity contribution in [3.8, 4) is 5.75 Å². The Morgan fingerprint density at radius 2 is 1.96 bits per heavy atom. The summed E-state index contributed by atoms with van der Waals surface area (Å²) in [6, 6.07) is 8.25. The topological polar surface area (TPSA) is 81.5 Å². The van der Waals surface area contributed by atoms with Gasteiger partial charge in [0.05, 0.1) is 23.3 Å². The number of rotatable bonds is 5. The number of nitro groups is 1. The van der Waals surface area contributed by atoms with E-state index in [0.29, 0.717) is 5.56 Å². The zero-order valence-electron chi connectivity index (χ0n) is 13.4. The van der Waals surface area contributed by atoms with Gasteiger partial charge in [-0.05, 0) is 29.8 Å². The molecule has 2 rings (SSSR count). The van der Waals surface area contributed by atoms with Crippen molar-refractivity contribution in [2.45, 2.75) is 6.18 Å². The third-order valence-electron chi connectivity index (χ3n) is 3.29. The SMILES string of the molecule is COc1ccc(C(F)(F)F)cc1NC(=O)/C=C/c1cccc([N+](=O)[O-])c1. The molecular formula is C17H13F3N2O4. The lowest BCUT2D eigenvalue weighted by molar-refractivity contribution is -0.384. The molecule has 0 saturated carbocycles. The molecule has 0 heterocycles. The highest BCUT2D eigenvalue weighted by Crippen LogP contribution is 2.34. The van der Waals surface area contributed by atoms with Crippen LogP contribution in [0.5, 0.6) is 5.75 Å². The number of anilines is 1. The van der Waals surface area contributed by atoms with Gasteiger partial charge < -0.3 is 10.1 Å². The molecule has 0 atom stereocenters. The first-order valence-corrected chi connectivity index (χ1v) is 7.19. The molecule has 1 N–H and O–H groups in total. The first kappa shape index (κ1) is 19.0. The Balaban J connectivity index is 2.19. The smallest absolute Gasteiger partial charge is 0.416 e. The maximum atomic E-state index is 12.8. The van der Waals surface area contributed by atoms with Gasteiger partial charge in [0.15, 0.2) is 0 Å². The van der Waals surface area contributed by atoms with E-state index in [4.69, 9.17) is 4.74 Å². The number of benzene rings is 2. The minimum Gasteiger partial charge on any atom is -0.495 e. The third kappa shape index (κ3) is 4.82. The van der Waals surface area contributed by atoms with Crippen molar-refractivity contribution in [3.63, 3.8) is 0 Å². The molecule has 6 nitrogen and oxygen atoms in total. The number of alkyl halides is 3. The van der Waals surface area contributed by atoms with E-state index in [0.717, 1.165) is 24.3 Å². The molecule has 0 unspecified atom stereocenters. The van der Waals surface area contributed by atoms with Crippen LogP contribution >= 0.6 is 0 Å². The van der Waals surface area contributed by atoms with Crippen LogP contribution in [-0.4, -0.2) is 17.9 Å². The number of hydrogen-bond donors (Lipinski definition) is 1. The van der Waals surface area contributed by atoms with Crippen molar-refractivity contribution >= 4 is 23.4 Å². The summed E-state index contributed by atoms with van der Waals surface area (Å²) in [7, 11) is 1.26. The second kappa shape index (κ2) is 7.68. The number of nitro benzene ring substituents is 1. The number of ether oxygens (including phenoxy) is 1. The molecule has 2 aromatic carbocycles. The molecule has 0 saturated heterocycles. The molecule has 26 heavy (non-hydrogen) atoms. The molecule has 0 spiro atoms. The van der Waals surface area contributed by atoms with Gasteiger partial charge >= 0.3 is 6.18 Å². The van der Waals surface area contributed by atoms with Crippen molar-refractivity contribution in [1.82, 2.24) is 0 Å². The highest BCUT2D eigenvalue weighted by atomic mass is 19.4. The van der Waals surface area contributed by atoms with E-state index in [-0.39, 0.29) is 17.1 Å². The molecule has 0 aliphatic heterocycles. The van der Waals surface area contributed by atoms with Gasteiger partial charge in [-0.2, -0.15) is 13.2 Å². The third-order valence-corrected chi connectivity index (χ3v) is 3.29. The molecule has 2 aromatic rings. The summed E-state index contributed by atoms with van der Waals surface area (Å²) >= 11 is 0. The lowest BCUT2D eigenvalue weighted by atomic mass is 10.1. The van der Waals surface area contributed by atoms with Gasteiger partial charge in [0.2, 0.25) is 5.91 Å². The first-order valence-electron chi connectivity index (χ1n) is 7.19. The molecule has 9 heteroatoms. The van der Waals surface area contributed by atoms with Gasteiger partial charge in [-0.1, -0.05) is 12.1 Å². The van der Waals surface area contributed by atoms with Crippen LogP contribution in [0.15, 0.2) is 48.5 Å². The summed E-state index contributed by atoms with van der Waals surface area (Å²) in [5.74, 6) is -0.649. The Kier molecular flexibility index (Phi) is 5.61. The Morgan fingerprint density at radius 3 is 2.58 bits per heavy atom. The molecule has 0 radical (unpaired) electrons. The quantitative estimate of drug-likeness (QED) is 0.487. The number of non-ortho nitro benzene ring substituents is 1. The molecule has 0 fully saturated rings. The summed E-state index contributed by atoms with van der Waals surface area (Å²) in [5.41, 5.74) is -0.829. The van der Waals surface area contributed by atoms with Crippen molar-refractivity contribution in [1.29, 1.82) is 0 Å². The summed E-state index contributed by atoms with van der Waals surface area (Å²) in [5, 5.41) is 13.0. The summed E-state index contributed by atoms with van der Waals surface area (Å²) < 4.78 is 43.3. The van der Waals surface area contributed by atoms with Crippen molar-refractivity contribution in [2.24, 2.45) is 0 Å². The van der Waals surface area contributed by atoms with Crippen LogP contribution in [0.2, 0.25) is 0 Å². The van der Waals surface area contributed by atoms with E-state index in [1.54, 1.807) is 6.07 Å². The van der Waals surface area contributed by atoms with Crippen LogP contribution in [0.25, 0.3) is 6.08 Å². The Morgan fingerprint density at radius 1 is 1.23 bits per heavy atom. The number of carbonyl (C=O) groups excluding carboxylic acids is 1. The number of halogens is 3. The normalized spacial score (nSPS) is 11.4. The molecule has 1 amide bonds. The number of nitrogens with one attached hydrogen (secondary N) is 1. The van der Waals surface area contributed by atoms with E-state index >= 15 is 0 Å². The van der Waals surface area contributed by atoms with Gasteiger partial charge in [0, 0.05) is 18.2 Å². The van der Waals surface area contributed by atoms with Crippen LogP contribution in [0.3, 0.4) is 0 Å².